The van der Waals surface area contributed by atoms with E-state index in [9.17, 15) is 14.7 Å². The molecule has 1 unspecified atom stereocenters. The number of fused-ring (bicyclic) bond motifs is 1. The molecule has 0 aliphatic carbocycles. The van der Waals surface area contributed by atoms with Gasteiger partial charge in [0.25, 0.3) is 11.7 Å². The van der Waals surface area contributed by atoms with Crippen molar-refractivity contribution in [1.82, 2.24) is 4.90 Å². The number of aliphatic hydroxyl groups is 1. The number of hydrogen-bond donors (Lipinski definition) is 1. The molecule has 1 atom stereocenters. The number of nitrogens with zero attached hydrogens (tertiary/aromatic N) is 1. The fraction of sp³-hybridized carbons (Fsp3) is 0.429. The van der Waals surface area contributed by atoms with Crippen LogP contribution < -0.4 is 14.2 Å². The van der Waals surface area contributed by atoms with Crippen molar-refractivity contribution in [3.63, 3.8) is 0 Å². The summed E-state index contributed by atoms with van der Waals surface area (Å²) in [6.45, 7) is 11.8. The summed E-state index contributed by atoms with van der Waals surface area (Å²) in [7, 11) is 0. The van der Waals surface area contributed by atoms with Crippen LogP contribution in [0.4, 0.5) is 0 Å². The average Bonchev–Trinajstić information content (AvgIpc) is 3.08. The van der Waals surface area contributed by atoms with Crippen LogP contribution in [-0.2, 0) is 15.0 Å². The molecule has 0 radical (unpaired) electrons. The second-order valence-electron chi connectivity index (χ2n) is 9.79. The summed E-state index contributed by atoms with van der Waals surface area (Å²) >= 11 is 0. The summed E-state index contributed by atoms with van der Waals surface area (Å²) in [6.07, 6.45) is 0.672. The summed E-state index contributed by atoms with van der Waals surface area (Å²) in [5, 5.41) is 11.5. The number of amides is 1. The Kier molecular flexibility index (Phi) is 6.79. The van der Waals surface area contributed by atoms with Crippen LogP contribution in [0.5, 0.6) is 17.2 Å². The standard InChI is InChI=1S/C28H33NO6/c1-6-12-29-24(17-8-11-21-22(16-17)35-14-13-34-21)23(26(31)27(29)32)25(30)18-9-10-20(33-7-2)19(15-18)28(3,4)5/h8-11,15-16,24,30H,6-7,12-14H2,1-5H3/b25-23-. The van der Waals surface area contributed by atoms with Gasteiger partial charge in [0, 0.05) is 17.7 Å². The van der Waals surface area contributed by atoms with Crippen molar-refractivity contribution in [2.75, 3.05) is 26.4 Å². The lowest BCUT2D eigenvalue weighted by molar-refractivity contribution is -0.139. The van der Waals surface area contributed by atoms with Gasteiger partial charge in [-0.25, -0.2) is 0 Å². The molecule has 35 heavy (non-hydrogen) atoms. The van der Waals surface area contributed by atoms with Gasteiger partial charge in [-0.05, 0) is 54.7 Å². The summed E-state index contributed by atoms with van der Waals surface area (Å²) in [4.78, 5) is 27.8. The van der Waals surface area contributed by atoms with E-state index < -0.39 is 17.7 Å². The molecule has 2 aliphatic rings. The first-order valence-corrected chi connectivity index (χ1v) is 12.1. The van der Waals surface area contributed by atoms with Crippen LogP contribution in [0.1, 0.15) is 63.8 Å². The van der Waals surface area contributed by atoms with Crippen LogP contribution in [0.3, 0.4) is 0 Å². The Morgan fingerprint density at radius 2 is 1.77 bits per heavy atom. The first kappa shape index (κ1) is 24.6. The number of benzene rings is 2. The Morgan fingerprint density at radius 1 is 1.06 bits per heavy atom. The fourth-order valence-electron chi connectivity index (χ4n) is 4.63. The number of hydrogen-bond acceptors (Lipinski definition) is 6. The lowest BCUT2D eigenvalue weighted by atomic mass is 9.84. The van der Waals surface area contributed by atoms with Gasteiger partial charge in [0.05, 0.1) is 18.2 Å². The minimum atomic E-state index is -0.726. The van der Waals surface area contributed by atoms with Crippen LogP contribution >= 0.6 is 0 Å². The molecular formula is C28H33NO6. The number of likely N-dealkylation sites (tertiary alicyclic amines) is 1. The molecule has 7 nitrogen and oxygen atoms in total. The highest BCUT2D eigenvalue weighted by molar-refractivity contribution is 6.46. The minimum absolute atomic E-state index is 0.0733. The van der Waals surface area contributed by atoms with Crippen molar-refractivity contribution in [2.24, 2.45) is 0 Å². The molecule has 7 heteroatoms. The molecule has 1 saturated heterocycles. The van der Waals surface area contributed by atoms with Crippen LogP contribution in [0.15, 0.2) is 42.0 Å². The number of ketones is 1. The maximum atomic E-state index is 13.2. The van der Waals surface area contributed by atoms with Crippen molar-refractivity contribution in [1.29, 1.82) is 0 Å². The number of carbonyl (C=O) groups excluding carboxylic acids is 2. The first-order chi connectivity index (χ1) is 16.7. The number of ether oxygens (including phenoxy) is 3. The summed E-state index contributed by atoms with van der Waals surface area (Å²) in [5.41, 5.74) is 1.87. The molecule has 0 spiro atoms. The molecule has 0 saturated carbocycles. The van der Waals surface area contributed by atoms with Crippen molar-refractivity contribution < 1.29 is 28.9 Å². The molecule has 1 amide bonds. The summed E-state index contributed by atoms with van der Waals surface area (Å²) in [6, 6.07) is 10.0. The largest absolute Gasteiger partial charge is 0.507 e. The molecule has 2 aromatic rings. The SMILES string of the molecule is CCCN1C(=O)C(=O)/C(=C(\O)c2ccc(OCC)c(C(C)(C)C)c2)C1c1ccc2c(c1)OCCO2. The maximum Gasteiger partial charge on any atom is 0.295 e. The predicted molar refractivity (Wildman–Crippen MR) is 133 cm³/mol. The van der Waals surface area contributed by atoms with Gasteiger partial charge in [-0.15, -0.1) is 0 Å². The molecule has 0 aromatic heterocycles. The van der Waals surface area contributed by atoms with Gasteiger partial charge in [0.2, 0.25) is 0 Å². The third-order valence-corrected chi connectivity index (χ3v) is 6.25. The van der Waals surface area contributed by atoms with E-state index in [0.29, 0.717) is 55.4 Å². The van der Waals surface area contributed by atoms with Crippen molar-refractivity contribution >= 4 is 17.4 Å². The molecule has 2 heterocycles. The monoisotopic (exact) mass is 479 g/mol. The van der Waals surface area contributed by atoms with E-state index in [1.165, 1.54) is 4.90 Å². The number of carbonyl (C=O) groups is 2. The van der Waals surface area contributed by atoms with Gasteiger partial charge in [0.15, 0.2) is 11.5 Å². The molecule has 1 N–H and O–H groups in total. The van der Waals surface area contributed by atoms with Crippen LogP contribution in [0.2, 0.25) is 0 Å². The molecule has 4 rings (SSSR count). The number of rotatable bonds is 6. The first-order valence-electron chi connectivity index (χ1n) is 12.1. The topological polar surface area (TPSA) is 85.3 Å². The Labute approximate surface area is 206 Å². The Hall–Kier alpha value is -3.48. The lowest BCUT2D eigenvalue weighted by Crippen LogP contribution is -2.30. The third kappa shape index (κ3) is 4.59. The van der Waals surface area contributed by atoms with E-state index >= 15 is 0 Å². The van der Waals surface area contributed by atoms with E-state index in [0.717, 1.165) is 11.3 Å². The molecule has 2 aliphatic heterocycles. The van der Waals surface area contributed by atoms with E-state index in [-0.39, 0.29) is 16.7 Å². The van der Waals surface area contributed by atoms with Crippen LogP contribution in [0, 0.1) is 0 Å². The average molecular weight is 480 g/mol. The zero-order chi connectivity index (χ0) is 25.3. The zero-order valence-electron chi connectivity index (χ0n) is 21.0. The predicted octanol–water partition coefficient (Wildman–Crippen LogP) is 4.99. The Morgan fingerprint density at radius 3 is 2.43 bits per heavy atom. The number of aliphatic hydroxyl groups excluding tert-OH is 1. The molecule has 186 valence electrons. The fourth-order valence-corrected chi connectivity index (χ4v) is 4.63. The van der Waals surface area contributed by atoms with Gasteiger partial charge in [-0.2, -0.15) is 0 Å². The molecule has 0 bridgehead atoms. The Balaban J connectivity index is 1.88. The quantitative estimate of drug-likeness (QED) is 0.357. The zero-order valence-corrected chi connectivity index (χ0v) is 21.0. The van der Waals surface area contributed by atoms with Crippen molar-refractivity contribution in [3.8, 4) is 17.2 Å². The van der Waals surface area contributed by atoms with Gasteiger partial charge < -0.3 is 24.2 Å². The normalized spacial score (nSPS) is 19.2. The second kappa shape index (κ2) is 9.64. The number of Topliss-reactive ketones (excluding diaryl/α,β-unsaturated/α-hetero) is 1. The highest BCUT2D eigenvalue weighted by atomic mass is 16.6. The summed E-state index contributed by atoms with van der Waals surface area (Å²) in [5.74, 6) is 0.403. The van der Waals surface area contributed by atoms with E-state index in [2.05, 4.69) is 20.8 Å². The van der Waals surface area contributed by atoms with Crippen molar-refractivity contribution in [3.05, 3.63) is 58.7 Å². The Bertz CT molecular complexity index is 1180. The maximum absolute atomic E-state index is 13.2. The van der Waals surface area contributed by atoms with Gasteiger partial charge in [0.1, 0.15) is 24.7 Å². The highest BCUT2D eigenvalue weighted by Crippen LogP contribution is 2.43. The second-order valence-corrected chi connectivity index (χ2v) is 9.79. The van der Waals surface area contributed by atoms with Crippen molar-refractivity contribution in [2.45, 2.75) is 52.5 Å². The van der Waals surface area contributed by atoms with Crippen LogP contribution in [-0.4, -0.2) is 48.1 Å². The molecule has 2 aromatic carbocycles. The van der Waals surface area contributed by atoms with Gasteiger partial charge in [-0.3, -0.25) is 9.59 Å². The third-order valence-electron chi connectivity index (χ3n) is 6.25. The van der Waals surface area contributed by atoms with E-state index in [4.69, 9.17) is 14.2 Å². The van der Waals surface area contributed by atoms with Crippen LogP contribution in [0.25, 0.3) is 5.76 Å². The molecule has 1 fully saturated rings. The lowest BCUT2D eigenvalue weighted by Gasteiger charge is -2.27. The highest BCUT2D eigenvalue weighted by Gasteiger charge is 2.46. The summed E-state index contributed by atoms with van der Waals surface area (Å²) < 4.78 is 17.2. The smallest absolute Gasteiger partial charge is 0.295 e. The van der Waals surface area contributed by atoms with Gasteiger partial charge >= 0.3 is 0 Å². The van der Waals surface area contributed by atoms with Gasteiger partial charge in [-0.1, -0.05) is 33.8 Å². The molecular weight excluding hydrogens is 446 g/mol. The minimum Gasteiger partial charge on any atom is -0.507 e. The van der Waals surface area contributed by atoms with E-state index in [1.54, 1.807) is 24.3 Å². The van der Waals surface area contributed by atoms with E-state index in [1.807, 2.05) is 26.0 Å².